The van der Waals surface area contributed by atoms with E-state index in [0.29, 0.717) is 0 Å². The van der Waals surface area contributed by atoms with Crippen molar-refractivity contribution in [1.29, 1.82) is 0 Å². The molecule has 0 aliphatic carbocycles. The molecule has 2 heteroatoms. The molecule has 9 aromatic carbocycles. The van der Waals surface area contributed by atoms with Crippen molar-refractivity contribution in [2.45, 2.75) is 0 Å². The molecule has 51 heavy (non-hydrogen) atoms. The third-order valence-electron chi connectivity index (χ3n) is 10.0. The molecule has 0 bridgehead atoms. The Balaban J connectivity index is 1.38. The summed E-state index contributed by atoms with van der Waals surface area (Å²) in [5.74, 6) is 0. The van der Waals surface area contributed by atoms with Gasteiger partial charge in [-0.25, -0.2) is 0 Å². The minimum atomic E-state index is 1.11. The van der Waals surface area contributed by atoms with Gasteiger partial charge in [-0.05, 0) is 121 Å². The van der Waals surface area contributed by atoms with E-state index >= 15 is 0 Å². The van der Waals surface area contributed by atoms with E-state index in [9.17, 15) is 0 Å². The van der Waals surface area contributed by atoms with Crippen LogP contribution in [0.25, 0.3) is 54.6 Å². The molecule has 0 aromatic heterocycles. The summed E-state index contributed by atoms with van der Waals surface area (Å²) < 4.78 is 0. The lowest BCUT2D eigenvalue weighted by molar-refractivity contribution is 1.21. The first-order valence-electron chi connectivity index (χ1n) is 17.5. The molecule has 0 radical (unpaired) electrons. The van der Waals surface area contributed by atoms with Gasteiger partial charge in [0.25, 0.3) is 0 Å². The lowest BCUT2D eigenvalue weighted by Gasteiger charge is -2.27. The number of hydrogen-bond acceptors (Lipinski definition) is 2. The fraction of sp³-hybridized carbons (Fsp3) is 0.0204. The highest BCUT2D eigenvalue weighted by Gasteiger charge is 2.21. The Labute approximate surface area is 299 Å². The molecule has 0 amide bonds. The molecule has 0 spiro atoms. The average molecular weight is 653 g/mol. The minimum Gasteiger partial charge on any atom is -0.345 e. The average Bonchev–Trinajstić information content (AvgIpc) is 3.21. The highest BCUT2D eigenvalue weighted by Crippen LogP contribution is 2.47. The van der Waals surface area contributed by atoms with Gasteiger partial charge in [0.1, 0.15) is 0 Å². The molecular weight excluding hydrogens is 617 g/mol. The zero-order chi connectivity index (χ0) is 34.1. The van der Waals surface area contributed by atoms with Gasteiger partial charge in [-0.15, -0.1) is 0 Å². The van der Waals surface area contributed by atoms with Crippen molar-refractivity contribution in [3.05, 3.63) is 200 Å². The van der Waals surface area contributed by atoms with Gasteiger partial charge in [-0.1, -0.05) is 133 Å². The summed E-state index contributed by atoms with van der Waals surface area (Å²) in [7, 11) is 2.15. The molecule has 242 valence electrons. The van der Waals surface area contributed by atoms with E-state index < -0.39 is 0 Å². The molecule has 9 rings (SSSR count). The standard InChI is InChI=1S/C49H36N2/c1-50(39-20-8-3-9-21-39)42-28-30-44-46(33-42)49(38-27-26-35-16-14-15-19-37(35)32-38)45-31-29-43(34-47(45)48(44)36-17-6-2-7-18-36)51(40-22-10-4-11-23-40)41-24-12-5-13-25-41/h2-34H,1H3. The largest absolute Gasteiger partial charge is 0.345 e. The Morgan fingerprint density at radius 1 is 0.294 bits per heavy atom. The summed E-state index contributed by atoms with van der Waals surface area (Å²) in [6.45, 7) is 0. The molecule has 0 unspecified atom stereocenters. The second kappa shape index (κ2) is 13.0. The summed E-state index contributed by atoms with van der Waals surface area (Å²) in [6, 6.07) is 72.3. The van der Waals surface area contributed by atoms with Gasteiger partial charge in [0.05, 0.1) is 0 Å². The van der Waals surface area contributed by atoms with E-state index in [-0.39, 0.29) is 0 Å². The van der Waals surface area contributed by atoms with Gasteiger partial charge < -0.3 is 9.80 Å². The van der Waals surface area contributed by atoms with Gasteiger partial charge in [-0.2, -0.15) is 0 Å². The number of benzene rings is 9. The fourth-order valence-corrected chi connectivity index (χ4v) is 7.53. The first-order chi connectivity index (χ1) is 25.2. The topological polar surface area (TPSA) is 6.48 Å². The molecule has 0 fully saturated rings. The first kappa shape index (κ1) is 30.4. The van der Waals surface area contributed by atoms with E-state index in [1.165, 1.54) is 54.6 Å². The molecule has 0 saturated carbocycles. The van der Waals surface area contributed by atoms with Crippen molar-refractivity contribution in [1.82, 2.24) is 0 Å². The molecular formula is C49H36N2. The Morgan fingerprint density at radius 3 is 1.37 bits per heavy atom. The van der Waals surface area contributed by atoms with Crippen LogP contribution < -0.4 is 9.80 Å². The maximum atomic E-state index is 2.39. The van der Waals surface area contributed by atoms with Gasteiger partial charge in [0.15, 0.2) is 0 Å². The maximum absolute atomic E-state index is 2.39. The van der Waals surface area contributed by atoms with Crippen LogP contribution >= 0.6 is 0 Å². The number of fused-ring (bicyclic) bond motifs is 3. The van der Waals surface area contributed by atoms with Crippen LogP contribution in [0.5, 0.6) is 0 Å². The van der Waals surface area contributed by atoms with Crippen LogP contribution in [0.3, 0.4) is 0 Å². The van der Waals surface area contributed by atoms with Gasteiger partial charge in [0, 0.05) is 35.5 Å². The van der Waals surface area contributed by atoms with Crippen LogP contribution in [0.2, 0.25) is 0 Å². The molecule has 0 aliphatic heterocycles. The number of nitrogens with zero attached hydrogens (tertiary/aromatic N) is 2. The van der Waals surface area contributed by atoms with Gasteiger partial charge in [0.2, 0.25) is 0 Å². The SMILES string of the molecule is CN(c1ccccc1)c1ccc2c(-c3ccccc3)c3cc(N(c4ccccc4)c4ccccc4)ccc3c(-c3ccc4ccccc4c3)c2c1. The van der Waals surface area contributed by atoms with E-state index in [4.69, 9.17) is 0 Å². The summed E-state index contributed by atoms with van der Waals surface area (Å²) in [6.07, 6.45) is 0. The number of hydrogen-bond donors (Lipinski definition) is 0. The van der Waals surface area contributed by atoms with E-state index in [1.807, 2.05) is 0 Å². The molecule has 2 nitrogen and oxygen atoms in total. The van der Waals surface area contributed by atoms with Crippen LogP contribution in [0.15, 0.2) is 200 Å². The Hall–Kier alpha value is -6.64. The monoisotopic (exact) mass is 652 g/mol. The van der Waals surface area contributed by atoms with Crippen molar-refractivity contribution in [3.8, 4) is 22.3 Å². The number of para-hydroxylation sites is 3. The Kier molecular flexibility index (Phi) is 7.75. The summed E-state index contributed by atoms with van der Waals surface area (Å²) >= 11 is 0. The maximum Gasteiger partial charge on any atom is 0.0468 e. The lowest BCUT2D eigenvalue weighted by atomic mass is 9.85. The summed E-state index contributed by atoms with van der Waals surface area (Å²) in [5.41, 5.74) is 10.5. The predicted molar refractivity (Wildman–Crippen MR) is 219 cm³/mol. The Bertz CT molecular complexity index is 2590. The third-order valence-corrected chi connectivity index (χ3v) is 10.0. The minimum absolute atomic E-state index is 1.11. The van der Waals surface area contributed by atoms with Crippen molar-refractivity contribution >= 4 is 60.8 Å². The molecule has 0 atom stereocenters. The van der Waals surface area contributed by atoms with Crippen molar-refractivity contribution in [3.63, 3.8) is 0 Å². The van der Waals surface area contributed by atoms with Crippen molar-refractivity contribution in [2.75, 3.05) is 16.8 Å². The summed E-state index contributed by atoms with van der Waals surface area (Å²) in [4.78, 5) is 4.63. The van der Waals surface area contributed by atoms with Crippen LogP contribution in [0.4, 0.5) is 28.4 Å². The van der Waals surface area contributed by atoms with E-state index in [1.54, 1.807) is 0 Å². The van der Waals surface area contributed by atoms with Gasteiger partial charge in [-0.3, -0.25) is 0 Å². The molecule has 0 heterocycles. The normalized spacial score (nSPS) is 11.2. The molecule has 0 saturated heterocycles. The second-order valence-electron chi connectivity index (χ2n) is 13.0. The van der Waals surface area contributed by atoms with Crippen LogP contribution in [-0.4, -0.2) is 7.05 Å². The van der Waals surface area contributed by atoms with Crippen molar-refractivity contribution < 1.29 is 0 Å². The number of anilines is 5. The van der Waals surface area contributed by atoms with Crippen LogP contribution in [0, 0.1) is 0 Å². The van der Waals surface area contributed by atoms with E-state index in [2.05, 4.69) is 217 Å². The molecule has 0 N–H and O–H groups in total. The predicted octanol–water partition coefficient (Wildman–Crippen LogP) is 13.7. The van der Waals surface area contributed by atoms with E-state index in [0.717, 1.165) is 28.4 Å². The highest BCUT2D eigenvalue weighted by atomic mass is 15.1. The van der Waals surface area contributed by atoms with Crippen LogP contribution in [-0.2, 0) is 0 Å². The molecule has 9 aromatic rings. The zero-order valence-electron chi connectivity index (χ0n) is 28.4. The van der Waals surface area contributed by atoms with Gasteiger partial charge >= 0.3 is 0 Å². The Morgan fingerprint density at radius 2 is 0.765 bits per heavy atom. The third kappa shape index (κ3) is 5.57. The van der Waals surface area contributed by atoms with Crippen molar-refractivity contribution in [2.24, 2.45) is 0 Å². The fourth-order valence-electron chi connectivity index (χ4n) is 7.53. The number of rotatable bonds is 7. The lowest BCUT2D eigenvalue weighted by Crippen LogP contribution is -2.10. The summed E-state index contributed by atoms with van der Waals surface area (Å²) in [5, 5.41) is 7.37. The highest BCUT2D eigenvalue weighted by molar-refractivity contribution is 6.23. The quantitative estimate of drug-likeness (QED) is 0.158. The smallest absolute Gasteiger partial charge is 0.0468 e. The first-order valence-corrected chi connectivity index (χ1v) is 17.5. The zero-order valence-corrected chi connectivity index (χ0v) is 28.4. The molecule has 0 aliphatic rings. The van der Waals surface area contributed by atoms with Crippen LogP contribution in [0.1, 0.15) is 0 Å². The second-order valence-corrected chi connectivity index (χ2v) is 13.0.